The van der Waals surface area contributed by atoms with Crippen LogP contribution in [0.25, 0.3) is 0 Å². The van der Waals surface area contributed by atoms with Gasteiger partial charge in [-0.25, -0.2) is 5.06 Å². The zero-order valence-electron chi connectivity index (χ0n) is 59.5. The highest BCUT2D eigenvalue weighted by molar-refractivity contribution is 5.99. The summed E-state index contributed by atoms with van der Waals surface area (Å²) in [4.78, 5) is 173. The van der Waals surface area contributed by atoms with Crippen LogP contribution in [0.5, 0.6) is 0 Å². The number of halogens is 6. The molecule has 0 aromatic heterocycles. The molecule has 0 spiro atoms. The molecule has 1 heterocycles. The molecule has 0 aromatic carbocycles. The number of aliphatic hydroxyl groups is 2. The van der Waals surface area contributed by atoms with Crippen LogP contribution in [0.2, 0.25) is 0 Å². The minimum atomic E-state index is -6.42. The first kappa shape index (κ1) is 86.4. The predicted molar refractivity (Wildman–Crippen MR) is 341 cm³/mol. The number of carbonyl (C=O) groups excluding carboxylic acids is 11. The zero-order chi connectivity index (χ0) is 74.0. The summed E-state index contributed by atoms with van der Waals surface area (Å²) in [5, 5.41) is 28.8. The molecular formula is C64H109F6N11O14. The Bertz CT molecular complexity index is 2630. The Morgan fingerprint density at radius 1 is 0.516 bits per heavy atom. The summed E-state index contributed by atoms with van der Waals surface area (Å²) < 4.78 is 91.6. The number of alkyl halides is 6. The van der Waals surface area contributed by atoms with Crippen LogP contribution in [0.15, 0.2) is 12.2 Å². The minimum absolute atomic E-state index is 0.0120. The third kappa shape index (κ3) is 23.9. The number of hydrogen-bond donors (Lipinski definition) is 5. The van der Waals surface area contributed by atoms with Gasteiger partial charge < -0.3 is 60.5 Å². The van der Waals surface area contributed by atoms with Gasteiger partial charge in [0, 0.05) is 49.3 Å². The molecule has 546 valence electrons. The molecule has 1 rings (SSSR count). The lowest BCUT2D eigenvalue weighted by molar-refractivity contribution is -0.316. The molecule has 0 radical (unpaired) electrons. The maximum Gasteiger partial charge on any atom is 0.403 e. The number of rotatable bonds is 18. The van der Waals surface area contributed by atoms with Gasteiger partial charge in [0.1, 0.15) is 54.4 Å². The molecule has 31 heteroatoms. The van der Waals surface area contributed by atoms with Crippen LogP contribution in [-0.2, 0) is 57.6 Å². The fraction of sp³-hybridized carbons (Fsp3) is 0.797. The lowest BCUT2D eigenvalue weighted by atomic mass is 9.91. The van der Waals surface area contributed by atoms with Gasteiger partial charge in [-0.3, -0.25) is 57.6 Å². The van der Waals surface area contributed by atoms with Crippen molar-refractivity contribution in [2.24, 2.45) is 41.4 Å². The lowest BCUT2D eigenvalue weighted by Gasteiger charge is -2.42. The van der Waals surface area contributed by atoms with E-state index in [0.717, 1.165) is 40.6 Å². The van der Waals surface area contributed by atoms with Crippen molar-refractivity contribution in [1.82, 2.24) is 55.3 Å². The van der Waals surface area contributed by atoms with Crippen LogP contribution < -0.4 is 16.0 Å². The van der Waals surface area contributed by atoms with Gasteiger partial charge in [0.2, 0.25) is 59.1 Å². The average molecular weight is 1370 g/mol. The third-order valence-corrected chi connectivity index (χ3v) is 16.9. The van der Waals surface area contributed by atoms with Crippen LogP contribution in [-0.4, -0.2) is 263 Å². The summed E-state index contributed by atoms with van der Waals surface area (Å²) >= 11 is 0. The Morgan fingerprint density at radius 3 is 1.36 bits per heavy atom. The summed E-state index contributed by atoms with van der Waals surface area (Å²) in [7, 11) is 7.97. The van der Waals surface area contributed by atoms with Crippen molar-refractivity contribution in [2.45, 2.75) is 221 Å². The molecule has 0 saturated carbocycles. The number of amides is 11. The van der Waals surface area contributed by atoms with E-state index in [4.69, 9.17) is 4.84 Å². The van der Waals surface area contributed by atoms with Gasteiger partial charge in [0.05, 0.1) is 25.9 Å². The number of carbonyl (C=O) groups is 11. The van der Waals surface area contributed by atoms with E-state index in [0.29, 0.717) is 11.9 Å². The molecule has 1 aliphatic rings. The van der Waals surface area contributed by atoms with E-state index in [1.54, 1.807) is 67.5 Å². The summed E-state index contributed by atoms with van der Waals surface area (Å²) in [6.07, 6.45) is -12.1. The largest absolute Gasteiger partial charge is 0.403 e. The van der Waals surface area contributed by atoms with Crippen LogP contribution in [0, 0.1) is 41.4 Å². The monoisotopic (exact) mass is 1370 g/mol. The highest BCUT2D eigenvalue weighted by Gasteiger charge is 2.66. The van der Waals surface area contributed by atoms with Gasteiger partial charge in [-0.05, 0) is 94.8 Å². The van der Waals surface area contributed by atoms with E-state index < -0.39 is 211 Å². The van der Waals surface area contributed by atoms with Crippen molar-refractivity contribution >= 4 is 65.0 Å². The van der Waals surface area contributed by atoms with Gasteiger partial charge >= 0.3 is 12.4 Å². The van der Waals surface area contributed by atoms with Gasteiger partial charge in [-0.15, -0.1) is 0 Å². The molecule has 0 bridgehead atoms. The van der Waals surface area contributed by atoms with E-state index in [9.17, 15) is 48.6 Å². The standard InChI is InChI=1S/C64H109F6N11O14/c1-23-25-26-39(13)51(84)49-55(87)73-42(24-2)57(89)74(16)33-47(83)75(17)46(32-37(9)10)60(92)81(95-28-27-82)50(52(63(65,66)67)64(68,69)70)62(94)76(18)43(29-34(3)4)54(86)71-40(14)53(85)72-41(15)56(88)77(19)44(30-35(5)6)58(90)78(20)45(31-36(7)8)59(91)79(21)48(38(11)12)61(93)80(49)22/h23,25,34-46,48-52,82,84H,24,26-33H2,1-22H3,(H,71,86)(H,72,85)(H,73,87)/b25-23+/t39-,40+,41-,42+,43+,44+,45+,46+,48+,49+,50-,51-/m1/s1. The highest BCUT2D eigenvalue weighted by Crippen LogP contribution is 2.44. The Balaban J connectivity index is 4.67. The quantitative estimate of drug-likeness (QED) is 0.0958. The maximum absolute atomic E-state index is 15.3. The molecule has 0 aromatic rings. The fourth-order valence-corrected chi connectivity index (χ4v) is 11.4. The van der Waals surface area contributed by atoms with Crippen LogP contribution in [0.1, 0.15) is 142 Å². The zero-order valence-corrected chi connectivity index (χ0v) is 59.5. The van der Waals surface area contributed by atoms with Crippen molar-refractivity contribution in [3.05, 3.63) is 12.2 Å². The lowest BCUT2D eigenvalue weighted by Crippen LogP contribution is -2.65. The predicted octanol–water partition coefficient (Wildman–Crippen LogP) is 3.99. The molecule has 1 saturated heterocycles. The molecular weight excluding hydrogens is 1260 g/mol. The first-order valence-electron chi connectivity index (χ1n) is 32.3. The first-order valence-corrected chi connectivity index (χ1v) is 32.3. The Labute approximate surface area is 556 Å². The maximum atomic E-state index is 15.3. The Hall–Kier alpha value is -6.63. The van der Waals surface area contributed by atoms with Crippen molar-refractivity contribution in [3.8, 4) is 0 Å². The van der Waals surface area contributed by atoms with E-state index in [-0.39, 0.29) is 42.4 Å². The van der Waals surface area contributed by atoms with Crippen molar-refractivity contribution in [3.63, 3.8) is 0 Å². The molecule has 0 unspecified atom stereocenters. The Morgan fingerprint density at radius 2 is 0.926 bits per heavy atom. The molecule has 12 atom stereocenters. The number of likely N-dealkylation sites (N-methyl/N-ethyl adjacent to an activating group) is 7. The van der Waals surface area contributed by atoms with Crippen LogP contribution in [0.4, 0.5) is 26.3 Å². The van der Waals surface area contributed by atoms with Gasteiger partial charge in [-0.2, -0.15) is 26.3 Å². The smallest absolute Gasteiger partial charge is 0.394 e. The van der Waals surface area contributed by atoms with Crippen LogP contribution in [0.3, 0.4) is 0 Å². The van der Waals surface area contributed by atoms with Gasteiger partial charge in [0.15, 0.2) is 12.0 Å². The first-order chi connectivity index (χ1) is 43.6. The second-order valence-corrected chi connectivity index (χ2v) is 27.1. The van der Waals surface area contributed by atoms with E-state index in [2.05, 4.69) is 16.0 Å². The topological polar surface area (TPSA) is 299 Å². The molecule has 1 aliphatic heterocycles. The van der Waals surface area contributed by atoms with E-state index in [1.165, 1.54) is 74.6 Å². The van der Waals surface area contributed by atoms with Crippen molar-refractivity contribution < 1.29 is 94.1 Å². The number of hydroxylamine groups is 2. The Kier molecular flexibility index (Phi) is 34.3. The molecule has 1 fully saturated rings. The number of allylic oxidation sites excluding steroid dienone is 2. The number of hydrogen-bond acceptors (Lipinski definition) is 14. The van der Waals surface area contributed by atoms with Gasteiger partial charge in [-0.1, -0.05) is 95.2 Å². The molecule has 25 nitrogen and oxygen atoms in total. The summed E-state index contributed by atoms with van der Waals surface area (Å²) in [5.41, 5.74) is 0. The van der Waals surface area contributed by atoms with E-state index >= 15 is 40.7 Å². The number of nitrogens with zero attached hydrogens (tertiary/aromatic N) is 8. The summed E-state index contributed by atoms with van der Waals surface area (Å²) in [6.45, 7) is 20.2. The van der Waals surface area contributed by atoms with Crippen molar-refractivity contribution in [2.75, 3.05) is 69.1 Å². The molecule has 95 heavy (non-hydrogen) atoms. The summed E-state index contributed by atoms with van der Waals surface area (Å²) in [6, 6.07) is -18.3. The number of nitrogens with one attached hydrogen (secondary N) is 3. The van der Waals surface area contributed by atoms with Crippen molar-refractivity contribution in [1.29, 1.82) is 0 Å². The average Bonchev–Trinajstić information content (AvgIpc) is 0.770. The summed E-state index contributed by atoms with van der Waals surface area (Å²) in [5.74, 6) is -20.9. The third-order valence-electron chi connectivity index (χ3n) is 16.9. The van der Waals surface area contributed by atoms with Gasteiger partial charge in [0.25, 0.3) is 5.91 Å². The molecule has 5 N–H and O–H groups in total. The number of aliphatic hydroxyl groups excluding tert-OH is 2. The van der Waals surface area contributed by atoms with Crippen LogP contribution >= 0.6 is 0 Å². The molecule has 0 aliphatic carbocycles. The normalized spacial score (nSPS) is 25.8. The highest BCUT2D eigenvalue weighted by atomic mass is 19.4. The fourth-order valence-electron chi connectivity index (χ4n) is 11.4. The molecule has 11 amide bonds. The SMILES string of the molecule is C/C=C/C[C@@H](C)[C@@H](O)[C@H]1C(=O)N[C@@H](CC)C(=O)N(C)CC(=O)N(C)[C@@H](CC(C)C)C(=O)N(OCCO)[C@H](C(C(F)(F)F)C(F)(F)F)C(=O)N(C)[C@@H](CC(C)C)C(=O)N[C@@H](C)C(=O)N[C@H](C)C(=O)N(C)[C@@H](CC(C)C)C(=O)N(C)[C@@H](CC(C)C)C(=O)N(C)[C@@H](C(C)C)C(=O)N1C. The minimum Gasteiger partial charge on any atom is -0.394 e. The van der Waals surface area contributed by atoms with E-state index in [1.807, 2.05) is 0 Å². The second-order valence-electron chi connectivity index (χ2n) is 27.1. The second kappa shape index (κ2) is 37.8.